The van der Waals surface area contributed by atoms with Crippen LogP contribution in [-0.4, -0.2) is 37.6 Å². The van der Waals surface area contributed by atoms with Gasteiger partial charge in [0.25, 0.3) is 5.91 Å². The van der Waals surface area contributed by atoms with Crippen LogP contribution in [0.1, 0.15) is 19.4 Å². The highest BCUT2D eigenvalue weighted by atomic mass is 35.5. The van der Waals surface area contributed by atoms with Crippen molar-refractivity contribution in [1.29, 1.82) is 0 Å². The molecule has 1 amide bonds. The molecule has 0 spiro atoms. The van der Waals surface area contributed by atoms with Crippen molar-refractivity contribution in [2.24, 2.45) is 0 Å². The van der Waals surface area contributed by atoms with Crippen molar-refractivity contribution in [3.8, 4) is 5.75 Å². The van der Waals surface area contributed by atoms with Gasteiger partial charge in [-0.15, -0.1) is 0 Å². The molecule has 0 heterocycles. The van der Waals surface area contributed by atoms with E-state index in [0.29, 0.717) is 23.4 Å². The van der Waals surface area contributed by atoms with E-state index >= 15 is 0 Å². The van der Waals surface area contributed by atoms with Gasteiger partial charge in [-0.1, -0.05) is 37.6 Å². The number of nitrogens with one attached hydrogen (secondary N) is 1. The maximum absolute atomic E-state index is 11.5. The van der Waals surface area contributed by atoms with Crippen molar-refractivity contribution in [2.75, 3.05) is 20.7 Å². The normalized spacial score (nSPS) is 10.6. The van der Waals surface area contributed by atoms with Crippen molar-refractivity contribution < 1.29 is 9.53 Å². The number of halogens is 1. The van der Waals surface area contributed by atoms with Gasteiger partial charge in [0.15, 0.2) is 6.61 Å². The van der Waals surface area contributed by atoms with Crippen LogP contribution in [0.25, 0.3) is 0 Å². The summed E-state index contributed by atoms with van der Waals surface area (Å²) in [6.07, 6.45) is 0. The summed E-state index contributed by atoms with van der Waals surface area (Å²) in [5.41, 5.74) is 0.952. The molecule has 1 rings (SSSR count). The number of para-hydroxylation sites is 1. The summed E-state index contributed by atoms with van der Waals surface area (Å²) in [6.45, 7) is 4.79. The topological polar surface area (TPSA) is 41.6 Å². The number of hydrogen-bond donors (Lipinski definition) is 1. The Bertz CT molecular complexity index is 433. The smallest absolute Gasteiger partial charge is 0.259 e. The first-order valence-electron chi connectivity index (χ1n) is 6.25. The first-order chi connectivity index (χ1) is 8.91. The Morgan fingerprint density at radius 2 is 2.11 bits per heavy atom. The Balaban J connectivity index is 2.77. The van der Waals surface area contributed by atoms with E-state index in [1.807, 2.05) is 12.1 Å². The Morgan fingerprint density at radius 1 is 1.42 bits per heavy atom. The van der Waals surface area contributed by atoms with Gasteiger partial charge in [0.1, 0.15) is 5.75 Å². The molecule has 1 N–H and O–H groups in total. The lowest BCUT2D eigenvalue weighted by Gasteiger charge is -2.16. The fourth-order valence-electron chi connectivity index (χ4n) is 1.43. The van der Waals surface area contributed by atoms with E-state index in [1.165, 1.54) is 4.90 Å². The number of nitrogens with zero attached hydrogens (tertiary/aromatic N) is 1. The molecular formula is C14H21ClN2O2. The number of benzene rings is 1. The van der Waals surface area contributed by atoms with Crippen molar-refractivity contribution >= 4 is 17.5 Å². The third-order valence-electron chi connectivity index (χ3n) is 2.59. The summed E-state index contributed by atoms with van der Waals surface area (Å²) in [6, 6.07) is 5.95. The molecule has 0 aliphatic heterocycles. The third kappa shape index (κ3) is 5.09. The second-order valence-corrected chi connectivity index (χ2v) is 5.25. The maximum atomic E-state index is 11.5. The van der Waals surface area contributed by atoms with Crippen LogP contribution in [0.2, 0.25) is 5.02 Å². The predicted octanol–water partition coefficient (Wildman–Crippen LogP) is 2.31. The van der Waals surface area contributed by atoms with Gasteiger partial charge in [0.05, 0.1) is 5.02 Å². The number of likely N-dealkylation sites (N-methyl/N-ethyl adjacent to an activating group) is 1. The number of carbonyl (C=O) groups excluding carboxylic acids is 1. The van der Waals surface area contributed by atoms with E-state index < -0.39 is 0 Å². The molecule has 0 atom stereocenters. The van der Waals surface area contributed by atoms with Crippen molar-refractivity contribution in [2.45, 2.75) is 26.4 Å². The predicted molar refractivity (Wildman–Crippen MR) is 77.6 cm³/mol. The lowest BCUT2D eigenvalue weighted by Crippen LogP contribution is -2.28. The highest BCUT2D eigenvalue weighted by Gasteiger charge is 2.12. The number of carbonyl (C=O) groups is 1. The maximum Gasteiger partial charge on any atom is 0.259 e. The molecule has 0 aliphatic carbocycles. The lowest BCUT2D eigenvalue weighted by molar-refractivity contribution is -0.130. The molecule has 0 saturated heterocycles. The zero-order chi connectivity index (χ0) is 14.4. The molecule has 0 radical (unpaired) electrons. The summed E-state index contributed by atoms with van der Waals surface area (Å²) >= 11 is 6.13. The Hall–Kier alpha value is -1.26. The standard InChI is InChI=1S/C14H21ClN2O2/c1-10(2)16-8-11-6-5-7-12(15)14(11)19-9-13(18)17(3)4/h5-7,10,16H,8-9H2,1-4H3. The largest absolute Gasteiger partial charge is 0.482 e. The van der Waals surface area contributed by atoms with Gasteiger partial charge >= 0.3 is 0 Å². The third-order valence-corrected chi connectivity index (χ3v) is 2.89. The molecule has 0 aromatic heterocycles. The quantitative estimate of drug-likeness (QED) is 0.872. The molecule has 0 aliphatic rings. The SMILES string of the molecule is CC(C)NCc1cccc(Cl)c1OCC(=O)N(C)C. The van der Waals surface area contributed by atoms with Crippen LogP contribution < -0.4 is 10.1 Å². The zero-order valence-electron chi connectivity index (χ0n) is 11.9. The average molecular weight is 285 g/mol. The van der Waals surface area contributed by atoms with E-state index in [1.54, 1.807) is 20.2 Å². The molecule has 19 heavy (non-hydrogen) atoms. The number of hydrogen-bond acceptors (Lipinski definition) is 3. The van der Waals surface area contributed by atoms with E-state index in [-0.39, 0.29) is 12.5 Å². The Kier molecular flexibility index (Phi) is 6.12. The van der Waals surface area contributed by atoms with Gasteiger partial charge < -0.3 is 15.0 Å². The lowest BCUT2D eigenvalue weighted by atomic mass is 10.2. The minimum absolute atomic E-state index is 0.00852. The van der Waals surface area contributed by atoms with E-state index in [4.69, 9.17) is 16.3 Å². The highest BCUT2D eigenvalue weighted by molar-refractivity contribution is 6.32. The second-order valence-electron chi connectivity index (χ2n) is 4.84. The highest BCUT2D eigenvalue weighted by Crippen LogP contribution is 2.28. The molecule has 106 valence electrons. The first kappa shape index (κ1) is 15.8. The van der Waals surface area contributed by atoms with Gasteiger partial charge in [-0.2, -0.15) is 0 Å². The summed E-state index contributed by atoms with van der Waals surface area (Å²) in [5, 5.41) is 3.83. The number of rotatable bonds is 6. The van der Waals surface area contributed by atoms with Gasteiger partial charge in [-0.05, 0) is 6.07 Å². The molecule has 0 saturated carbocycles. The second kappa shape index (κ2) is 7.36. The minimum Gasteiger partial charge on any atom is -0.482 e. The summed E-state index contributed by atoms with van der Waals surface area (Å²) in [5.74, 6) is 0.482. The van der Waals surface area contributed by atoms with Crippen molar-refractivity contribution in [3.63, 3.8) is 0 Å². The van der Waals surface area contributed by atoms with Crippen LogP contribution in [-0.2, 0) is 11.3 Å². The van der Waals surface area contributed by atoms with Crippen LogP contribution in [0.5, 0.6) is 5.75 Å². The summed E-state index contributed by atoms with van der Waals surface area (Å²) < 4.78 is 5.56. The first-order valence-corrected chi connectivity index (χ1v) is 6.63. The summed E-state index contributed by atoms with van der Waals surface area (Å²) in [4.78, 5) is 13.0. The Morgan fingerprint density at radius 3 is 2.68 bits per heavy atom. The van der Waals surface area contributed by atoms with Crippen LogP contribution >= 0.6 is 11.6 Å². The fourth-order valence-corrected chi connectivity index (χ4v) is 1.68. The monoisotopic (exact) mass is 284 g/mol. The van der Waals surface area contributed by atoms with E-state index in [0.717, 1.165) is 5.56 Å². The van der Waals surface area contributed by atoms with Crippen LogP contribution in [0.3, 0.4) is 0 Å². The molecule has 1 aromatic rings. The Labute approximate surface area is 119 Å². The van der Waals surface area contributed by atoms with E-state index in [2.05, 4.69) is 19.2 Å². The number of amides is 1. The van der Waals surface area contributed by atoms with Gasteiger partial charge in [-0.3, -0.25) is 4.79 Å². The van der Waals surface area contributed by atoms with Crippen molar-refractivity contribution in [3.05, 3.63) is 28.8 Å². The molecule has 0 unspecified atom stereocenters. The van der Waals surface area contributed by atoms with Crippen LogP contribution in [0.4, 0.5) is 0 Å². The van der Waals surface area contributed by atoms with Gasteiger partial charge in [-0.25, -0.2) is 0 Å². The summed E-state index contributed by atoms with van der Waals surface area (Å²) in [7, 11) is 3.39. The van der Waals surface area contributed by atoms with Crippen LogP contribution in [0.15, 0.2) is 18.2 Å². The molecule has 4 nitrogen and oxygen atoms in total. The average Bonchev–Trinajstić information content (AvgIpc) is 2.34. The van der Waals surface area contributed by atoms with E-state index in [9.17, 15) is 4.79 Å². The van der Waals surface area contributed by atoms with Crippen LogP contribution in [0, 0.1) is 0 Å². The van der Waals surface area contributed by atoms with Crippen molar-refractivity contribution in [1.82, 2.24) is 10.2 Å². The molecule has 0 bridgehead atoms. The zero-order valence-corrected chi connectivity index (χ0v) is 12.6. The molecule has 1 aromatic carbocycles. The fraction of sp³-hybridized carbons (Fsp3) is 0.500. The molecular weight excluding hydrogens is 264 g/mol. The molecule has 0 fully saturated rings. The number of ether oxygens (including phenoxy) is 1. The minimum atomic E-state index is -0.0947. The molecule has 5 heteroatoms. The van der Waals surface area contributed by atoms with Gasteiger partial charge in [0, 0.05) is 32.2 Å². The van der Waals surface area contributed by atoms with Gasteiger partial charge in [0.2, 0.25) is 0 Å².